The van der Waals surface area contributed by atoms with Gasteiger partial charge in [-0.25, -0.2) is 0 Å². The molecule has 3 rings (SSSR count). The van der Waals surface area contributed by atoms with E-state index in [4.69, 9.17) is 4.52 Å². The number of amides is 1. The van der Waals surface area contributed by atoms with E-state index in [0.29, 0.717) is 11.6 Å². The van der Waals surface area contributed by atoms with Crippen LogP contribution in [-0.4, -0.2) is 11.1 Å². The zero-order valence-corrected chi connectivity index (χ0v) is 15.2. The first-order valence-electron chi connectivity index (χ1n) is 8.61. The monoisotopic (exact) mass is 326 g/mol. The lowest BCUT2D eigenvalue weighted by Crippen LogP contribution is -2.27. The van der Waals surface area contributed by atoms with Gasteiger partial charge < -0.3 is 9.84 Å². The second-order valence-corrected chi connectivity index (χ2v) is 7.99. The number of nitrogens with zero attached hydrogens (tertiary/aromatic N) is 1. The molecule has 0 bridgehead atoms. The molecule has 1 heterocycles. The minimum absolute atomic E-state index is 0.183. The van der Waals surface area contributed by atoms with Crippen molar-refractivity contribution in [1.82, 2.24) is 5.16 Å². The molecule has 1 amide bonds. The van der Waals surface area contributed by atoms with Crippen LogP contribution in [0.1, 0.15) is 60.1 Å². The Balaban J connectivity index is 1.82. The van der Waals surface area contributed by atoms with Crippen LogP contribution in [0.2, 0.25) is 0 Å². The molecule has 24 heavy (non-hydrogen) atoms. The highest BCUT2D eigenvalue weighted by atomic mass is 16.5. The molecule has 1 aromatic carbocycles. The fourth-order valence-electron chi connectivity index (χ4n) is 3.33. The zero-order chi connectivity index (χ0) is 17.5. The van der Waals surface area contributed by atoms with E-state index in [1.165, 1.54) is 5.56 Å². The second kappa shape index (κ2) is 6.08. The summed E-state index contributed by atoms with van der Waals surface area (Å²) in [6.45, 7) is 10.9. The van der Waals surface area contributed by atoms with Crippen molar-refractivity contribution < 1.29 is 9.32 Å². The van der Waals surface area contributed by atoms with Gasteiger partial charge in [-0.1, -0.05) is 32.0 Å². The van der Waals surface area contributed by atoms with Gasteiger partial charge in [-0.2, -0.15) is 0 Å². The molecule has 1 aliphatic carbocycles. The number of rotatable bonds is 2. The number of hydrogen-bond donors (Lipinski definition) is 1. The highest BCUT2D eigenvalue weighted by Gasteiger charge is 2.34. The van der Waals surface area contributed by atoms with E-state index in [0.717, 1.165) is 41.8 Å². The predicted molar refractivity (Wildman–Crippen MR) is 95.3 cm³/mol. The summed E-state index contributed by atoms with van der Waals surface area (Å²) in [6.07, 6.45) is 2.81. The van der Waals surface area contributed by atoms with E-state index in [-0.39, 0.29) is 11.3 Å². The highest BCUT2D eigenvalue weighted by molar-refractivity contribution is 6.04. The Morgan fingerprint density at radius 2 is 2.00 bits per heavy atom. The van der Waals surface area contributed by atoms with Crippen molar-refractivity contribution in [2.75, 3.05) is 5.32 Å². The number of hydrogen-bond acceptors (Lipinski definition) is 3. The first kappa shape index (κ1) is 16.7. The number of nitrogens with one attached hydrogen (secondary N) is 1. The van der Waals surface area contributed by atoms with E-state index < -0.39 is 0 Å². The zero-order valence-electron chi connectivity index (χ0n) is 15.2. The summed E-state index contributed by atoms with van der Waals surface area (Å²) < 4.78 is 5.44. The number of aryl methyl sites for hydroxylation is 3. The van der Waals surface area contributed by atoms with Crippen molar-refractivity contribution in [3.8, 4) is 0 Å². The molecule has 1 N–H and O–H groups in total. The molecule has 1 aromatic heterocycles. The summed E-state index contributed by atoms with van der Waals surface area (Å²) in [5, 5.41) is 7.02. The average molecular weight is 326 g/mol. The Labute approximate surface area is 143 Å². The fraction of sp³-hybridized carbons (Fsp3) is 0.500. The molecule has 2 aromatic rings. The SMILES string of the molecule is Cc1ccc(NC(=O)c2noc3c2C[C@@H](C(C)(C)C)CC3)cc1C. The Bertz CT molecular complexity index is 768. The summed E-state index contributed by atoms with van der Waals surface area (Å²) in [5.74, 6) is 1.23. The van der Waals surface area contributed by atoms with E-state index in [9.17, 15) is 4.79 Å². The molecule has 1 atom stereocenters. The Hall–Kier alpha value is -2.10. The summed E-state index contributed by atoms with van der Waals surface area (Å²) in [7, 11) is 0. The van der Waals surface area contributed by atoms with Crippen LogP contribution in [0.15, 0.2) is 22.7 Å². The standard InChI is InChI=1S/C20H26N2O2/c1-12-6-8-15(10-13(12)2)21-19(23)18-16-11-14(20(3,4)5)7-9-17(16)24-22-18/h6,8,10,14H,7,9,11H2,1-5H3,(H,21,23)/t14-/m0/s1. The van der Waals surface area contributed by atoms with Crippen molar-refractivity contribution in [2.24, 2.45) is 11.3 Å². The Morgan fingerprint density at radius 1 is 1.25 bits per heavy atom. The van der Waals surface area contributed by atoms with Gasteiger partial charge in [0, 0.05) is 17.7 Å². The number of carbonyl (C=O) groups is 1. The minimum Gasteiger partial charge on any atom is -0.360 e. The van der Waals surface area contributed by atoms with Crippen LogP contribution >= 0.6 is 0 Å². The van der Waals surface area contributed by atoms with Crippen LogP contribution in [0.3, 0.4) is 0 Å². The summed E-state index contributed by atoms with van der Waals surface area (Å²) in [6, 6.07) is 5.92. The van der Waals surface area contributed by atoms with Gasteiger partial charge in [0.2, 0.25) is 0 Å². The molecule has 4 heteroatoms. The third-order valence-electron chi connectivity index (χ3n) is 5.24. The van der Waals surface area contributed by atoms with Crippen LogP contribution in [0.4, 0.5) is 5.69 Å². The molecule has 0 saturated heterocycles. The first-order valence-corrected chi connectivity index (χ1v) is 8.61. The lowest BCUT2D eigenvalue weighted by atomic mass is 9.71. The lowest BCUT2D eigenvalue weighted by Gasteiger charge is -2.33. The quantitative estimate of drug-likeness (QED) is 0.870. The van der Waals surface area contributed by atoms with Gasteiger partial charge in [-0.3, -0.25) is 4.79 Å². The molecule has 0 fully saturated rings. The van der Waals surface area contributed by atoms with Gasteiger partial charge in [-0.05, 0) is 61.3 Å². The van der Waals surface area contributed by atoms with E-state index in [1.54, 1.807) is 0 Å². The maximum atomic E-state index is 12.7. The average Bonchev–Trinajstić information content (AvgIpc) is 2.93. The van der Waals surface area contributed by atoms with Gasteiger partial charge in [0.05, 0.1) is 0 Å². The second-order valence-electron chi connectivity index (χ2n) is 7.99. The van der Waals surface area contributed by atoms with Gasteiger partial charge in [-0.15, -0.1) is 0 Å². The van der Waals surface area contributed by atoms with Crippen molar-refractivity contribution in [3.05, 3.63) is 46.3 Å². The van der Waals surface area contributed by atoms with Crippen LogP contribution < -0.4 is 5.32 Å². The van der Waals surface area contributed by atoms with Crippen molar-refractivity contribution >= 4 is 11.6 Å². The third kappa shape index (κ3) is 3.23. The highest BCUT2D eigenvalue weighted by Crippen LogP contribution is 2.38. The first-order chi connectivity index (χ1) is 11.3. The molecule has 0 spiro atoms. The summed E-state index contributed by atoms with van der Waals surface area (Å²) >= 11 is 0. The van der Waals surface area contributed by atoms with Crippen LogP contribution in [0.5, 0.6) is 0 Å². The third-order valence-corrected chi connectivity index (χ3v) is 5.24. The number of benzene rings is 1. The van der Waals surface area contributed by atoms with Crippen molar-refractivity contribution in [2.45, 2.75) is 53.9 Å². The van der Waals surface area contributed by atoms with E-state index in [1.807, 2.05) is 25.1 Å². The molecule has 0 radical (unpaired) electrons. The Kier molecular flexibility index (Phi) is 4.24. The van der Waals surface area contributed by atoms with Gasteiger partial charge in [0.25, 0.3) is 5.91 Å². The topological polar surface area (TPSA) is 55.1 Å². The number of aromatic nitrogens is 1. The molecule has 0 unspecified atom stereocenters. The molecule has 128 valence electrons. The molecule has 0 saturated carbocycles. The van der Waals surface area contributed by atoms with E-state index in [2.05, 4.69) is 38.2 Å². The van der Waals surface area contributed by atoms with Crippen LogP contribution in [0.25, 0.3) is 0 Å². The van der Waals surface area contributed by atoms with Gasteiger partial charge in [0.1, 0.15) is 5.76 Å². The molecule has 4 nitrogen and oxygen atoms in total. The molecular weight excluding hydrogens is 300 g/mol. The molecule has 0 aliphatic heterocycles. The normalized spacial score (nSPS) is 17.5. The van der Waals surface area contributed by atoms with Gasteiger partial charge >= 0.3 is 0 Å². The number of anilines is 1. The summed E-state index contributed by atoms with van der Waals surface area (Å²) in [5.41, 5.74) is 4.81. The molecule has 1 aliphatic rings. The maximum absolute atomic E-state index is 12.7. The lowest BCUT2D eigenvalue weighted by molar-refractivity contribution is 0.101. The van der Waals surface area contributed by atoms with Crippen LogP contribution in [-0.2, 0) is 12.8 Å². The Morgan fingerprint density at radius 3 is 2.67 bits per heavy atom. The predicted octanol–water partition coefficient (Wildman–Crippen LogP) is 4.69. The van der Waals surface area contributed by atoms with Crippen molar-refractivity contribution in [1.29, 1.82) is 0 Å². The smallest absolute Gasteiger partial charge is 0.278 e. The minimum atomic E-state index is -0.183. The van der Waals surface area contributed by atoms with Crippen LogP contribution in [0, 0.1) is 25.2 Å². The summed E-state index contributed by atoms with van der Waals surface area (Å²) in [4.78, 5) is 12.7. The van der Waals surface area contributed by atoms with E-state index >= 15 is 0 Å². The molecular formula is C20H26N2O2. The largest absolute Gasteiger partial charge is 0.360 e. The van der Waals surface area contributed by atoms with Crippen molar-refractivity contribution in [3.63, 3.8) is 0 Å². The number of fused-ring (bicyclic) bond motifs is 1. The maximum Gasteiger partial charge on any atom is 0.278 e. The fourth-order valence-corrected chi connectivity index (χ4v) is 3.33. The number of carbonyl (C=O) groups excluding carboxylic acids is 1. The van der Waals surface area contributed by atoms with Gasteiger partial charge in [0.15, 0.2) is 5.69 Å².